The number of carbonyl (C=O) groups excluding carboxylic acids is 1. The van der Waals surface area contributed by atoms with Gasteiger partial charge >= 0.3 is 6.03 Å². The molecule has 3 rings (SSSR count). The quantitative estimate of drug-likeness (QED) is 0.734. The molecule has 0 spiro atoms. The van der Waals surface area contributed by atoms with E-state index in [1.54, 1.807) is 30.5 Å². The summed E-state index contributed by atoms with van der Waals surface area (Å²) in [7, 11) is 0. The van der Waals surface area contributed by atoms with E-state index < -0.39 is 0 Å². The van der Waals surface area contributed by atoms with Crippen LogP contribution in [0, 0.1) is 0 Å². The van der Waals surface area contributed by atoms with E-state index in [9.17, 15) is 4.79 Å². The molecular weight excluding hydrogens is 292 g/mol. The van der Waals surface area contributed by atoms with Gasteiger partial charge in [0.15, 0.2) is 0 Å². The molecule has 0 saturated carbocycles. The number of anilines is 1. The number of para-hydroxylation sites is 1. The molecule has 0 aliphatic carbocycles. The highest BCUT2D eigenvalue weighted by Crippen LogP contribution is 2.23. The van der Waals surface area contributed by atoms with Crippen LogP contribution in [0.15, 0.2) is 77.4 Å². The van der Waals surface area contributed by atoms with Crippen molar-refractivity contribution in [1.82, 2.24) is 5.32 Å². The number of ether oxygens (including phenoxy) is 1. The third-order valence-electron chi connectivity index (χ3n) is 3.07. The second-order valence-electron chi connectivity index (χ2n) is 4.83. The Balaban J connectivity index is 1.57. The Morgan fingerprint density at radius 2 is 1.78 bits per heavy atom. The Hall–Kier alpha value is -3.21. The normalized spacial score (nSPS) is 10.1. The summed E-state index contributed by atoms with van der Waals surface area (Å²) < 4.78 is 10.9. The summed E-state index contributed by atoms with van der Waals surface area (Å²) >= 11 is 0. The third kappa shape index (κ3) is 4.38. The molecule has 1 heterocycles. The summed E-state index contributed by atoms with van der Waals surface area (Å²) in [6.45, 7) is 0.332. The molecule has 3 aromatic rings. The summed E-state index contributed by atoms with van der Waals surface area (Å²) in [5.74, 6) is 2.09. The molecule has 0 atom stereocenters. The highest BCUT2D eigenvalue weighted by Gasteiger charge is 2.04. The molecule has 2 N–H and O–H groups in total. The summed E-state index contributed by atoms with van der Waals surface area (Å²) in [4.78, 5) is 11.9. The van der Waals surface area contributed by atoms with Crippen LogP contribution >= 0.6 is 0 Å². The summed E-state index contributed by atoms with van der Waals surface area (Å²) in [6, 6.07) is 20.0. The highest BCUT2D eigenvalue weighted by atomic mass is 16.5. The van der Waals surface area contributed by atoms with Crippen molar-refractivity contribution in [2.24, 2.45) is 0 Å². The van der Waals surface area contributed by atoms with Crippen molar-refractivity contribution in [2.45, 2.75) is 6.54 Å². The standard InChI is InChI=1S/C18H16N2O3/c21-18(19-13-17-10-5-11-22-17)20-14-6-4-9-16(12-14)23-15-7-2-1-3-8-15/h1-12H,13H2,(H2,19,20,21). The van der Waals surface area contributed by atoms with Gasteiger partial charge in [-0.05, 0) is 36.4 Å². The van der Waals surface area contributed by atoms with Crippen LogP contribution in [-0.2, 0) is 6.54 Å². The lowest BCUT2D eigenvalue weighted by molar-refractivity contribution is 0.251. The number of nitrogens with one attached hydrogen (secondary N) is 2. The molecule has 1 aromatic heterocycles. The van der Waals surface area contributed by atoms with E-state index >= 15 is 0 Å². The van der Waals surface area contributed by atoms with E-state index in [1.807, 2.05) is 42.5 Å². The first-order valence-electron chi connectivity index (χ1n) is 7.20. The predicted octanol–water partition coefficient (Wildman–Crippen LogP) is 4.39. The van der Waals surface area contributed by atoms with Gasteiger partial charge in [-0.3, -0.25) is 0 Å². The van der Waals surface area contributed by atoms with Crippen LogP contribution in [0.5, 0.6) is 11.5 Å². The van der Waals surface area contributed by atoms with Gasteiger partial charge in [-0.2, -0.15) is 0 Å². The maximum absolute atomic E-state index is 11.9. The Morgan fingerprint density at radius 3 is 2.57 bits per heavy atom. The molecule has 0 aliphatic heterocycles. The maximum atomic E-state index is 11.9. The number of benzene rings is 2. The van der Waals surface area contributed by atoms with Gasteiger partial charge in [0.2, 0.25) is 0 Å². The number of carbonyl (C=O) groups is 1. The van der Waals surface area contributed by atoms with Gasteiger partial charge in [-0.15, -0.1) is 0 Å². The molecule has 0 saturated heterocycles. The van der Waals surface area contributed by atoms with Crippen molar-refractivity contribution in [3.8, 4) is 11.5 Å². The van der Waals surface area contributed by atoms with Crippen LogP contribution in [0.25, 0.3) is 0 Å². The Bertz CT molecular complexity index is 755. The Kier molecular flexibility index (Phi) is 4.59. The number of urea groups is 1. The minimum absolute atomic E-state index is 0.307. The molecule has 0 bridgehead atoms. The fourth-order valence-electron chi connectivity index (χ4n) is 2.02. The first-order chi connectivity index (χ1) is 11.3. The Labute approximate surface area is 133 Å². The van der Waals surface area contributed by atoms with Crippen molar-refractivity contribution in [2.75, 3.05) is 5.32 Å². The molecule has 0 radical (unpaired) electrons. The van der Waals surface area contributed by atoms with E-state index in [1.165, 1.54) is 0 Å². The third-order valence-corrected chi connectivity index (χ3v) is 3.07. The van der Waals surface area contributed by atoms with Gasteiger partial charge < -0.3 is 19.8 Å². The van der Waals surface area contributed by atoms with Crippen molar-refractivity contribution in [3.05, 3.63) is 78.8 Å². The van der Waals surface area contributed by atoms with Crippen LogP contribution in [0.1, 0.15) is 5.76 Å². The molecular formula is C18H16N2O3. The van der Waals surface area contributed by atoms with E-state index in [4.69, 9.17) is 9.15 Å². The number of hydrogen-bond acceptors (Lipinski definition) is 3. The monoisotopic (exact) mass is 308 g/mol. The van der Waals surface area contributed by atoms with Crippen LogP contribution in [0.4, 0.5) is 10.5 Å². The minimum atomic E-state index is -0.307. The Morgan fingerprint density at radius 1 is 0.957 bits per heavy atom. The first kappa shape index (κ1) is 14.7. The average Bonchev–Trinajstić information content (AvgIpc) is 3.08. The SMILES string of the molecule is O=C(NCc1ccco1)Nc1cccc(Oc2ccccc2)c1. The molecule has 0 fully saturated rings. The van der Waals surface area contributed by atoms with Gasteiger partial charge in [-0.1, -0.05) is 24.3 Å². The second kappa shape index (κ2) is 7.17. The summed E-state index contributed by atoms with van der Waals surface area (Å²) in [6.07, 6.45) is 1.57. The molecule has 2 aromatic carbocycles. The summed E-state index contributed by atoms with van der Waals surface area (Å²) in [5, 5.41) is 5.48. The topological polar surface area (TPSA) is 63.5 Å². The molecule has 0 aliphatic rings. The lowest BCUT2D eigenvalue weighted by Crippen LogP contribution is -2.27. The highest BCUT2D eigenvalue weighted by molar-refractivity contribution is 5.89. The van der Waals surface area contributed by atoms with Gasteiger partial charge in [0.1, 0.15) is 17.3 Å². The van der Waals surface area contributed by atoms with Crippen molar-refractivity contribution in [3.63, 3.8) is 0 Å². The minimum Gasteiger partial charge on any atom is -0.467 e. The maximum Gasteiger partial charge on any atom is 0.319 e. The van der Waals surface area contributed by atoms with Gasteiger partial charge in [0, 0.05) is 11.8 Å². The lowest BCUT2D eigenvalue weighted by atomic mass is 10.3. The van der Waals surface area contributed by atoms with Crippen molar-refractivity contribution >= 4 is 11.7 Å². The van der Waals surface area contributed by atoms with E-state index in [2.05, 4.69) is 10.6 Å². The average molecular weight is 308 g/mol. The van der Waals surface area contributed by atoms with E-state index in [0.29, 0.717) is 23.7 Å². The lowest BCUT2D eigenvalue weighted by Gasteiger charge is -2.09. The molecule has 0 unspecified atom stereocenters. The van der Waals surface area contributed by atoms with E-state index in [0.717, 1.165) is 5.75 Å². The van der Waals surface area contributed by atoms with Gasteiger partial charge in [0.05, 0.1) is 12.8 Å². The molecule has 5 heteroatoms. The zero-order chi connectivity index (χ0) is 15.9. The number of amides is 2. The van der Waals surface area contributed by atoms with Gasteiger partial charge in [0.25, 0.3) is 0 Å². The van der Waals surface area contributed by atoms with Crippen LogP contribution in [0.3, 0.4) is 0 Å². The second-order valence-corrected chi connectivity index (χ2v) is 4.83. The fraction of sp³-hybridized carbons (Fsp3) is 0.0556. The molecule has 2 amide bonds. The molecule has 116 valence electrons. The van der Waals surface area contributed by atoms with Crippen LogP contribution < -0.4 is 15.4 Å². The largest absolute Gasteiger partial charge is 0.467 e. The van der Waals surface area contributed by atoms with E-state index in [-0.39, 0.29) is 6.03 Å². The predicted molar refractivity (Wildman–Crippen MR) is 87.5 cm³/mol. The molecule has 5 nitrogen and oxygen atoms in total. The number of hydrogen-bond donors (Lipinski definition) is 2. The van der Waals surface area contributed by atoms with Crippen LogP contribution in [-0.4, -0.2) is 6.03 Å². The first-order valence-corrected chi connectivity index (χ1v) is 7.20. The number of furan rings is 1. The summed E-state index contributed by atoms with van der Waals surface area (Å²) in [5.41, 5.74) is 0.648. The van der Waals surface area contributed by atoms with Crippen LogP contribution in [0.2, 0.25) is 0 Å². The molecule has 23 heavy (non-hydrogen) atoms. The smallest absolute Gasteiger partial charge is 0.319 e. The zero-order valence-electron chi connectivity index (χ0n) is 12.4. The van der Waals surface area contributed by atoms with Crippen molar-refractivity contribution < 1.29 is 13.9 Å². The van der Waals surface area contributed by atoms with Gasteiger partial charge in [-0.25, -0.2) is 4.79 Å². The fourth-order valence-corrected chi connectivity index (χ4v) is 2.02. The zero-order valence-corrected chi connectivity index (χ0v) is 12.4. The number of rotatable bonds is 5. The van der Waals surface area contributed by atoms with Crippen molar-refractivity contribution in [1.29, 1.82) is 0 Å².